The van der Waals surface area contributed by atoms with Crippen molar-refractivity contribution in [1.29, 1.82) is 0 Å². The number of ketones is 4. The second-order valence-corrected chi connectivity index (χ2v) is 9.93. The summed E-state index contributed by atoms with van der Waals surface area (Å²) in [5.74, 6) is -7.48. The van der Waals surface area contributed by atoms with Crippen molar-refractivity contribution in [3.05, 3.63) is 119 Å². The van der Waals surface area contributed by atoms with E-state index in [4.69, 9.17) is 18.9 Å². The average molecular weight is 647 g/mol. The molecule has 2 aromatic carbocycles. The lowest BCUT2D eigenvalue weighted by Crippen LogP contribution is -2.27. The van der Waals surface area contributed by atoms with Crippen LogP contribution >= 0.6 is 0 Å². The molecule has 0 saturated carbocycles. The SMILES string of the molecule is CCOC(=O)C(=O)/C(C(=O)c1ccccc1)=C(/C=C/N(C)C)OCOC(/C=C/N(C)C)=C(\C(=O)C(=O)OCC)C(=O)c1ccccc1. The first-order valence-electron chi connectivity index (χ1n) is 14.5. The van der Waals surface area contributed by atoms with Gasteiger partial charge in [-0.05, 0) is 26.0 Å². The van der Waals surface area contributed by atoms with Gasteiger partial charge in [-0.2, -0.15) is 0 Å². The number of nitrogens with zero attached hydrogens (tertiary/aromatic N) is 2. The van der Waals surface area contributed by atoms with E-state index in [9.17, 15) is 28.8 Å². The third-order valence-corrected chi connectivity index (χ3v) is 5.87. The van der Waals surface area contributed by atoms with Crippen molar-refractivity contribution in [2.45, 2.75) is 13.8 Å². The van der Waals surface area contributed by atoms with Gasteiger partial charge >= 0.3 is 11.9 Å². The Balaban J connectivity index is 2.74. The number of hydrogen-bond donors (Lipinski definition) is 0. The van der Waals surface area contributed by atoms with Crippen LogP contribution in [0.4, 0.5) is 0 Å². The van der Waals surface area contributed by atoms with E-state index in [0.717, 1.165) is 0 Å². The van der Waals surface area contributed by atoms with Gasteiger partial charge in [0.1, 0.15) is 22.7 Å². The van der Waals surface area contributed by atoms with E-state index < -0.39 is 53.0 Å². The van der Waals surface area contributed by atoms with Crippen molar-refractivity contribution in [3.8, 4) is 0 Å². The lowest BCUT2D eigenvalue weighted by Gasteiger charge is -2.17. The van der Waals surface area contributed by atoms with E-state index in [0.29, 0.717) is 0 Å². The van der Waals surface area contributed by atoms with E-state index in [1.165, 1.54) is 62.7 Å². The van der Waals surface area contributed by atoms with E-state index in [1.54, 1.807) is 74.4 Å². The summed E-state index contributed by atoms with van der Waals surface area (Å²) in [5.41, 5.74) is -1.11. The third-order valence-electron chi connectivity index (χ3n) is 5.87. The normalized spacial score (nSPS) is 12.0. The van der Waals surface area contributed by atoms with Crippen molar-refractivity contribution in [1.82, 2.24) is 9.80 Å². The van der Waals surface area contributed by atoms with Gasteiger partial charge in [-0.15, -0.1) is 0 Å². The molecule has 2 aromatic rings. The first-order valence-corrected chi connectivity index (χ1v) is 14.5. The molecule has 0 atom stereocenters. The van der Waals surface area contributed by atoms with E-state index in [2.05, 4.69) is 0 Å². The van der Waals surface area contributed by atoms with Crippen LogP contribution in [0.3, 0.4) is 0 Å². The molecule has 0 aliphatic carbocycles. The molecule has 2 rings (SSSR count). The molecule has 0 radical (unpaired) electrons. The van der Waals surface area contributed by atoms with Gasteiger partial charge in [-0.1, -0.05) is 60.7 Å². The van der Waals surface area contributed by atoms with E-state index >= 15 is 0 Å². The van der Waals surface area contributed by atoms with Gasteiger partial charge < -0.3 is 28.7 Å². The summed E-state index contributed by atoms with van der Waals surface area (Å²) in [7, 11) is 6.69. The average Bonchev–Trinajstić information content (AvgIpc) is 3.06. The molecule has 0 aromatic heterocycles. The first-order chi connectivity index (χ1) is 22.4. The van der Waals surface area contributed by atoms with Crippen molar-refractivity contribution < 1.29 is 47.7 Å². The van der Waals surface area contributed by atoms with Gasteiger partial charge in [-0.25, -0.2) is 9.59 Å². The van der Waals surface area contributed by atoms with Crippen molar-refractivity contribution in [3.63, 3.8) is 0 Å². The van der Waals surface area contributed by atoms with Crippen LogP contribution in [0.1, 0.15) is 34.6 Å². The minimum Gasteiger partial charge on any atom is -0.460 e. The Hall–Kier alpha value is -5.78. The topological polar surface area (TPSA) is 146 Å². The number of rotatable bonds is 18. The largest absolute Gasteiger partial charge is 0.460 e. The molecule has 0 saturated heterocycles. The lowest BCUT2D eigenvalue weighted by molar-refractivity contribution is -0.151. The van der Waals surface area contributed by atoms with Gasteiger partial charge in [0, 0.05) is 51.7 Å². The van der Waals surface area contributed by atoms with Crippen LogP contribution in [0.5, 0.6) is 0 Å². The number of carbonyl (C=O) groups is 6. The Morgan fingerprint density at radius 3 is 1.19 bits per heavy atom. The highest BCUT2D eigenvalue weighted by Crippen LogP contribution is 2.21. The summed E-state index contributed by atoms with van der Waals surface area (Å²) in [6.07, 6.45) is 5.47. The zero-order chi connectivity index (χ0) is 34.9. The molecule has 0 N–H and O–H groups in total. The molecule has 12 nitrogen and oxygen atoms in total. The minimum atomic E-state index is -1.28. The molecule has 248 valence electrons. The molecule has 0 spiro atoms. The number of Topliss-reactive ketones (excluding diaryl/α,β-unsaturated/α-hetero) is 4. The third kappa shape index (κ3) is 11.3. The number of ether oxygens (including phenoxy) is 4. The highest BCUT2D eigenvalue weighted by atomic mass is 16.7. The van der Waals surface area contributed by atoms with Gasteiger partial charge in [-0.3, -0.25) is 19.2 Å². The summed E-state index contributed by atoms with van der Waals surface area (Å²) >= 11 is 0. The summed E-state index contributed by atoms with van der Waals surface area (Å²) in [6.45, 7) is 1.98. The zero-order valence-electron chi connectivity index (χ0n) is 27.2. The fourth-order valence-electron chi connectivity index (χ4n) is 3.72. The molecule has 0 aliphatic heterocycles. The predicted molar refractivity (Wildman–Crippen MR) is 172 cm³/mol. The monoisotopic (exact) mass is 646 g/mol. The van der Waals surface area contributed by atoms with Gasteiger partial charge in [0.25, 0.3) is 11.6 Å². The van der Waals surface area contributed by atoms with Gasteiger partial charge in [0.05, 0.1) is 13.2 Å². The quantitative estimate of drug-likeness (QED) is 0.0268. The first kappa shape index (κ1) is 37.4. The Morgan fingerprint density at radius 1 is 0.553 bits per heavy atom. The van der Waals surface area contributed by atoms with E-state index in [-0.39, 0.29) is 35.9 Å². The summed E-state index contributed by atoms with van der Waals surface area (Å²) in [5, 5.41) is 0. The van der Waals surface area contributed by atoms with Gasteiger partial charge in [0.2, 0.25) is 18.4 Å². The van der Waals surface area contributed by atoms with Crippen LogP contribution in [-0.4, -0.2) is 93.1 Å². The van der Waals surface area contributed by atoms with E-state index in [1.807, 2.05) is 0 Å². The molecule has 0 aliphatic rings. The number of benzene rings is 2. The second-order valence-electron chi connectivity index (χ2n) is 9.93. The van der Waals surface area contributed by atoms with Crippen LogP contribution in [0.15, 0.2) is 108 Å². The highest BCUT2D eigenvalue weighted by Gasteiger charge is 2.33. The number of allylic oxidation sites excluding steroid dienone is 2. The Labute approximate surface area is 273 Å². The lowest BCUT2D eigenvalue weighted by atomic mass is 9.98. The molecule has 0 bridgehead atoms. The minimum absolute atomic E-state index is 0.0886. The van der Waals surface area contributed by atoms with Crippen molar-refractivity contribution >= 4 is 35.1 Å². The second kappa shape index (κ2) is 18.9. The zero-order valence-corrected chi connectivity index (χ0v) is 27.2. The van der Waals surface area contributed by atoms with Crippen LogP contribution in [0.2, 0.25) is 0 Å². The standard InChI is InChI=1S/C35H38N2O10/c1-7-44-34(42)32(40)28(30(38)24-15-11-9-12-16-24)26(19-21-36(3)4)46-23-47-27(20-22-37(5)6)29(33(41)35(43)45-8-2)31(39)25-17-13-10-14-18-25/h9-22H,7-8,23H2,1-6H3/b21-19+,22-20+,28-26-,29-27-. The molecule has 47 heavy (non-hydrogen) atoms. The molecule has 0 fully saturated rings. The maximum atomic E-state index is 13.6. The molecular weight excluding hydrogens is 608 g/mol. The maximum absolute atomic E-state index is 13.6. The van der Waals surface area contributed by atoms with Crippen LogP contribution in [-0.2, 0) is 38.1 Å². The summed E-state index contributed by atoms with van der Waals surface area (Å²) in [6, 6.07) is 15.5. The Morgan fingerprint density at radius 2 is 0.894 bits per heavy atom. The van der Waals surface area contributed by atoms with Crippen LogP contribution in [0.25, 0.3) is 0 Å². The van der Waals surface area contributed by atoms with Gasteiger partial charge in [0.15, 0.2) is 0 Å². The maximum Gasteiger partial charge on any atom is 0.379 e. The summed E-state index contributed by atoms with van der Waals surface area (Å²) in [4.78, 5) is 82.1. The predicted octanol–water partition coefficient (Wildman–Crippen LogP) is 3.67. The van der Waals surface area contributed by atoms with Crippen molar-refractivity contribution in [2.24, 2.45) is 0 Å². The Bertz CT molecular complexity index is 1450. The van der Waals surface area contributed by atoms with Crippen LogP contribution < -0.4 is 0 Å². The fraction of sp³-hybridized carbons (Fsp3) is 0.257. The number of carbonyl (C=O) groups excluding carboxylic acids is 6. The molecular formula is C35H38N2O10. The Kier molecular flexibility index (Phi) is 15.0. The molecule has 0 unspecified atom stereocenters. The summed E-state index contributed by atoms with van der Waals surface area (Å²) < 4.78 is 21.3. The molecule has 0 amide bonds. The molecule has 12 heteroatoms. The smallest absolute Gasteiger partial charge is 0.379 e. The number of esters is 2. The molecule has 0 heterocycles. The number of hydrogen-bond acceptors (Lipinski definition) is 12. The fourth-order valence-corrected chi connectivity index (χ4v) is 3.72. The highest BCUT2D eigenvalue weighted by molar-refractivity contribution is 6.49. The van der Waals surface area contributed by atoms with Crippen LogP contribution in [0, 0.1) is 0 Å². The van der Waals surface area contributed by atoms with Crippen molar-refractivity contribution in [2.75, 3.05) is 48.2 Å².